The molecule has 1 aromatic heterocycles. The van der Waals surface area contributed by atoms with Crippen molar-refractivity contribution in [1.82, 2.24) is 9.97 Å². The van der Waals surface area contributed by atoms with E-state index in [1.807, 2.05) is 43.3 Å². The van der Waals surface area contributed by atoms with Crippen molar-refractivity contribution in [3.8, 4) is 11.3 Å². The zero-order chi connectivity index (χ0) is 23.9. The number of hydrogen-bond acceptors (Lipinski definition) is 5. The second-order valence-corrected chi connectivity index (χ2v) is 10.7. The van der Waals surface area contributed by atoms with Gasteiger partial charge in [-0.1, -0.05) is 65.9 Å². The molecular weight excluding hydrogens is 476 g/mol. The average Bonchev–Trinajstić information content (AvgIpc) is 2.82. The van der Waals surface area contributed by atoms with Crippen molar-refractivity contribution >= 4 is 27.5 Å². The minimum absolute atomic E-state index is 0.0237. The SMILES string of the molecule is Cc1ccc(CN2c3ccccc3-c3nc(SCc4ccc(F)cc4F)ncc3S2(=O)=O)cc1. The van der Waals surface area contributed by atoms with E-state index in [4.69, 9.17) is 0 Å². The Bertz CT molecular complexity index is 1490. The van der Waals surface area contributed by atoms with Gasteiger partial charge < -0.3 is 0 Å². The molecule has 9 heteroatoms. The summed E-state index contributed by atoms with van der Waals surface area (Å²) in [5.74, 6) is -1.11. The number of aromatic nitrogens is 2. The molecule has 5 nitrogen and oxygen atoms in total. The number of fused-ring (bicyclic) bond motifs is 3. The van der Waals surface area contributed by atoms with Crippen LogP contribution >= 0.6 is 11.8 Å². The summed E-state index contributed by atoms with van der Waals surface area (Å²) in [6, 6.07) is 18.3. The van der Waals surface area contributed by atoms with Crippen LogP contribution in [0.1, 0.15) is 16.7 Å². The standard InChI is InChI=1S/C25H19F2N3O2S2/c1-16-6-8-17(9-7-16)14-30-22-5-3-2-4-20(22)24-23(34(30,31)32)13-28-25(29-24)33-15-18-10-11-19(26)12-21(18)27/h2-13H,14-15H2,1H3. The molecule has 3 aromatic carbocycles. The lowest BCUT2D eigenvalue weighted by Gasteiger charge is -2.31. The van der Waals surface area contributed by atoms with Gasteiger partial charge in [0, 0.05) is 17.4 Å². The Morgan fingerprint density at radius 2 is 1.76 bits per heavy atom. The first kappa shape index (κ1) is 22.5. The number of benzene rings is 3. The number of halogens is 2. The van der Waals surface area contributed by atoms with E-state index in [-0.39, 0.29) is 17.2 Å². The molecule has 0 spiro atoms. The van der Waals surface area contributed by atoms with Crippen molar-refractivity contribution in [3.05, 3.63) is 101 Å². The Morgan fingerprint density at radius 3 is 2.53 bits per heavy atom. The molecule has 5 rings (SSSR count). The van der Waals surface area contributed by atoms with Gasteiger partial charge >= 0.3 is 0 Å². The van der Waals surface area contributed by atoms with E-state index in [1.165, 1.54) is 22.6 Å². The van der Waals surface area contributed by atoms with E-state index >= 15 is 0 Å². The molecule has 0 atom stereocenters. The topological polar surface area (TPSA) is 63.2 Å². The van der Waals surface area contributed by atoms with E-state index in [0.29, 0.717) is 27.7 Å². The van der Waals surface area contributed by atoms with E-state index < -0.39 is 21.7 Å². The molecule has 1 aliphatic heterocycles. The Morgan fingerprint density at radius 1 is 1.00 bits per heavy atom. The first-order valence-corrected chi connectivity index (χ1v) is 12.9. The molecule has 172 valence electrons. The molecule has 2 heterocycles. The van der Waals surface area contributed by atoms with E-state index in [0.717, 1.165) is 29.0 Å². The van der Waals surface area contributed by atoms with Gasteiger partial charge in [0.15, 0.2) is 5.16 Å². The largest absolute Gasteiger partial charge is 0.268 e. The highest BCUT2D eigenvalue weighted by Crippen LogP contribution is 2.43. The fraction of sp³-hybridized carbons (Fsp3) is 0.120. The minimum atomic E-state index is -3.90. The molecule has 0 saturated carbocycles. The molecule has 0 N–H and O–H groups in total. The first-order chi connectivity index (χ1) is 16.3. The van der Waals surface area contributed by atoms with Crippen LogP contribution in [0.25, 0.3) is 11.3 Å². The quantitative estimate of drug-likeness (QED) is 0.261. The monoisotopic (exact) mass is 495 g/mol. The average molecular weight is 496 g/mol. The van der Waals surface area contributed by atoms with Crippen LogP contribution in [0.2, 0.25) is 0 Å². The molecule has 0 unspecified atom stereocenters. The van der Waals surface area contributed by atoms with Crippen molar-refractivity contribution in [1.29, 1.82) is 0 Å². The van der Waals surface area contributed by atoms with Crippen molar-refractivity contribution in [2.45, 2.75) is 29.3 Å². The molecule has 0 radical (unpaired) electrons. The summed E-state index contributed by atoms with van der Waals surface area (Å²) >= 11 is 1.15. The fourth-order valence-electron chi connectivity index (χ4n) is 3.76. The second-order valence-electron chi connectivity index (χ2n) is 7.90. The molecule has 34 heavy (non-hydrogen) atoms. The number of nitrogens with zero attached hydrogens (tertiary/aromatic N) is 3. The van der Waals surface area contributed by atoms with Gasteiger partial charge in [-0.15, -0.1) is 0 Å². The molecule has 0 aliphatic carbocycles. The minimum Gasteiger partial charge on any atom is -0.261 e. The summed E-state index contributed by atoms with van der Waals surface area (Å²) in [6.07, 6.45) is 1.30. The van der Waals surface area contributed by atoms with E-state index in [1.54, 1.807) is 12.1 Å². The Balaban J connectivity index is 1.50. The summed E-state index contributed by atoms with van der Waals surface area (Å²) in [5.41, 5.74) is 3.79. The summed E-state index contributed by atoms with van der Waals surface area (Å²) < 4.78 is 55.7. The third-order valence-corrected chi connectivity index (χ3v) is 8.22. The van der Waals surface area contributed by atoms with Gasteiger partial charge in [-0.25, -0.2) is 27.2 Å². The van der Waals surface area contributed by atoms with Gasteiger partial charge in [-0.2, -0.15) is 0 Å². The lowest BCUT2D eigenvalue weighted by Crippen LogP contribution is -2.34. The number of anilines is 1. The normalized spacial score (nSPS) is 13.9. The maximum atomic E-state index is 14.0. The predicted molar refractivity (Wildman–Crippen MR) is 128 cm³/mol. The predicted octanol–water partition coefficient (Wildman–Crippen LogP) is 5.73. The molecule has 1 aliphatic rings. The number of aryl methyl sites for hydroxylation is 1. The maximum absolute atomic E-state index is 14.0. The number of thioether (sulfide) groups is 1. The molecule has 0 amide bonds. The molecular formula is C25H19F2N3O2S2. The van der Waals surface area contributed by atoms with Crippen molar-refractivity contribution < 1.29 is 17.2 Å². The Kier molecular flexibility index (Phi) is 5.83. The zero-order valence-corrected chi connectivity index (χ0v) is 19.7. The van der Waals surface area contributed by atoms with Crippen LogP contribution in [0, 0.1) is 18.6 Å². The maximum Gasteiger partial charge on any atom is 0.268 e. The fourth-order valence-corrected chi connectivity index (χ4v) is 6.12. The smallest absolute Gasteiger partial charge is 0.261 e. The van der Waals surface area contributed by atoms with E-state index in [2.05, 4.69) is 9.97 Å². The highest BCUT2D eigenvalue weighted by atomic mass is 32.2. The molecule has 0 bridgehead atoms. The summed E-state index contributed by atoms with van der Waals surface area (Å²) in [6.45, 7) is 2.16. The van der Waals surface area contributed by atoms with Crippen LogP contribution in [-0.4, -0.2) is 18.4 Å². The van der Waals surface area contributed by atoms with Crippen LogP contribution in [0.15, 0.2) is 83.0 Å². The molecule has 4 aromatic rings. The van der Waals surface area contributed by atoms with Gasteiger partial charge in [-0.05, 0) is 30.2 Å². The highest BCUT2D eigenvalue weighted by molar-refractivity contribution is 7.98. The first-order valence-electron chi connectivity index (χ1n) is 10.4. The zero-order valence-electron chi connectivity index (χ0n) is 18.1. The van der Waals surface area contributed by atoms with Crippen LogP contribution in [0.4, 0.5) is 14.5 Å². The second kappa shape index (κ2) is 8.81. The summed E-state index contributed by atoms with van der Waals surface area (Å²) in [7, 11) is -3.90. The Labute approximate surface area is 200 Å². The third kappa shape index (κ3) is 4.17. The summed E-state index contributed by atoms with van der Waals surface area (Å²) in [4.78, 5) is 8.76. The van der Waals surface area contributed by atoms with Gasteiger partial charge in [0.05, 0.1) is 24.1 Å². The lowest BCUT2D eigenvalue weighted by molar-refractivity contribution is 0.576. The van der Waals surface area contributed by atoms with Crippen LogP contribution in [0.3, 0.4) is 0 Å². The summed E-state index contributed by atoms with van der Waals surface area (Å²) in [5, 5.41) is 0.305. The van der Waals surface area contributed by atoms with Crippen LogP contribution < -0.4 is 4.31 Å². The lowest BCUT2D eigenvalue weighted by atomic mass is 10.1. The van der Waals surface area contributed by atoms with Crippen LogP contribution in [-0.2, 0) is 22.3 Å². The van der Waals surface area contributed by atoms with Gasteiger partial charge in [0.1, 0.15) is 16.5 Å². The third-order valence-electron chi connectivity index (χ3n) is 5.55. The number of rotatable bonds is 5. The van der Waals surface area contributed by atoms with Gasteiger partial charge in [0.2, 0.25) is 0 Å². The number of sulfonamides is 1. The Hall–Kier alpha value is -3.30. The van der Waals surface area contributed by atoms with Crippen LogP contribution in [0.5, 0.6) is 0 Å². The van der Waals surface area contributed by atoms with Gasteiger partial charge in [-0.3, -0.25) is 4.31 Å². The number of hydrogen-bond donors (Lipinski definition) is 0. The van der Waals surface area contributed by atoms with Gasteiger partial charge in [0.25, 0.3) is 10.0 Å². The number of para-hydroxylation sites is 1. The van der Waals surface area contributed by atoms with E-state index in [9.17, 15) is 17.2 Å². The van der Waals surface area contributed by atoms with Crippen molar-refractivity contribution in [2.24, 2.45) is 0 Å². The highest BCUT2D eigenvalue weighted by Gasteiger charge is 2.36. The van der Waals surface area contributed by atoms with Crippen molar-refractivity contribution in [3.63, 3.8) is 0 Å². The molecule has 0 saturated heterocycles. The molecule has 0 fully saturated rings. The van der Waals surface area contributed by atoms with Crippen molar-refractivity contribution in [2.75, 3.05) is 4.31 Å².